The first-order valence-electron chi connectivity index (χ1n) is 6.02. The number of amides is 1. The van der Waals surface area contributed by atoms with Crippen LogP contribution in [0, 0.1) is 0 Å². The summed E-state index contributed by atoms with van der Waals surface area (Å²) in [7, 11) is 0. The van der Waals surface area contributed by atoms with Crippen molar-refractivity contribution in [2.24, 2.45) is 0 Å². The molecule has 0 bridgehead atoms. The third-order valence-electron chi connectivity index (χ3n) is 2.31. The lowest BCUT2D eigenvalue weighted by molar-refractivity contribution is -0.121. The Bertz CT molecular complexity index is 412. The molecule has 98 valence electrons. The molecule has 4 heteroatoms. The van der Waals surface area contributed by atoms with Crippen molar-refractivity contribution in [2.45, 2.75) is 38.1 Å². The Morgan fingerprint density at radius 2 is 1.83 bits per heavy atom. The van der Waals surface area contributed by atoms with Crippen LogP contribution in [0.2, 0.25) is 0 Å². The fourth-order valence-electron chi connectivity index (χ4n) is 1.44. The molecule has 0 atom stereocenters. The van der Waals surface area contributed by atoms with Gasteiger partial charge >= 0.3 is 0 Å². The van der Waals surface area contributed by atoms with E-state index in [1.807, 2.05) is 38.1 Å². The van der Waals surface area contributed by atoms with Gasteiger partial charge in [-0.3, -0.25) is 9.59 Å². The van der Waals surface area contributed by atoms with E-state index in [0.29, 0.717) is 6.42 Å². The van der Waals surface area contributed by atoms with Gasteiger partial charge in [-0.05, 0) is 32.9 Å². The fraction of sp³-hybridized carbons (Fsp3) is 0.429. The van der Waals surface area contributed by atoms with Gasteiger partial charge in [0.2, 0.25) is 5.91 Å². The standard InChI is InChI=1S/C14H19NO2S/c1-10(2)15-14(17)8-9-18-13-6-4-12(5-7-13)11(3)16/h4-7,10H,8-9H2,1-3H3,(H,15,17). The maximum atomic E-state index is 11.4. The number of carbonyl (C=O) groups is 2. The highest BCUT2D eigenvalue weighted by Gasteiger charge is 2.04. The van der Waals surface area contributed by atoms with E-state index in [4.69, 9.17) is 0 Å². The zero-order valence-electron chi connectivity index (χ0n) is 11.0. The van der Waals surface area contributed by atoms with Gasteiger partial charge in [0.1, 0.15) is 0 Å². The Hall–Kier alpha value is -1.29. The SMILES string of the molecule is CC(=O)c1ccc(SCCC(=O)NC(C)C)cc1. The van der Waals surface area contributed by atoms with Crippen molar-refractivity contribution >= 4 is 23.5 Å². The first-order chi connectivity index (χ1) is 8.49. The largest absolute Gasteiger partial charge is 0.354 e. The molecule has 0 aliphatic carbocycles. The first-order valence-corrected chi connectivity index (χ1v) is 7.00. The molecule has 0 fully saturated rings. The predicted octanol–water partition coefficient (Wildman–Crippen LogP) is 2.90. The highest BCUT2D eigenvalue weighted by atomic mass is 32.2. The summed E-state index contributed by atoms with van der Waals surface area (Å²) in [5.41, 5.74) is 0.719. The van der Waals surface area contributed by atoms with Crippen molar-refractivity contribution in [3.8, 4) is 0 Å². The van der Waals surface area contributed by atoms with Crippen molar-refractivity contribution in [3.63, 3.8) is 0 Å². The van der Waals surface area contributed by atoms with Gasteiger partial charge < -0.3 is 5.32 Å². The number of Topliss-reactive ketones (excluding diaryl/α,β-unsaturated/α-hetero) is 1. The minimum atomic E-state index is 0.0721. The van der Waals surface area contributed by atoms with Crippen LogP contribution in [-0.4, -0.2) is 23.5 Å². The first kappa shape index (κ1) is 14.8. The molecule has 0 radical (unpaired) electrons. The van der Waals surface area contributed by atoms with Crippen molar-refractivity contribution in [2.75, 3.05) is 5.75 Å². The lowest BCUT2D eigenvalue weighted by atomic mass is 10.2. The predicted molar refractivity (Wildman–Crippen MR) is 75.1 cm³/mol. The summed E-state index contributed by atoms with van der Waals surface area (Å²) in [5, 5.41) is 2.86. The van der Waals surface area contributed by atoms with Crippen LogP contribution in [0.1, 0.15) is 37.6 Å². The number of carbonyl (C=O) groups excluding carboxylic acids is 2. The molecular formula is C14H19NO2S. The highest BCUT2D eigenvalue weighted by Crippen LogP contribution is 2.19. The van der Waals surface area contributed by atoms with Crippen LogP contribution in [0.15, 0.2) is 29.2 Å². The summed E-state index contributed by atoms with van der Waals surface area (Å²) in [6, 6.07) is 7.67. The van der Waals surface area contributed by atoms with Crippen molar-refractivity contribution in [1.82, 2.24) is 5.32 Å². The van der Waals surface area contributed by atoms with E-state index < -0.39 is 0 Å². The van der Waals surface area contributed by atoms with Gasteiger partial charge in [0.05, 0.1) is 0 Å². The van der Waals surface area contributed by atoms with E-state index in [2.05, 4.69) is 5.32 Å². The molecule has 0 saturated heterocycles. The Kier molecular flexibility index (Phi) is 5.92. The quantitative estimate of drug-likeness (QED) is 0.635. The molecule has 0 spiro atoms. The number of benzene rings is 1. The second-order valence-corrected chi connectivity index (χ2v) is 5.57. The summed E-state index contributed by atoms with van der Waals surface area (Å²) in [4.78, 5) is 23.6. The second-order valence-electron chi connectivity index (χ2n) is 4.40. The molecule has 1 N–H and O–H groups in total. The summed E-state index contributed by atoms with van der Waals surface area (Å²) < 4.78 is 0. The van der Waals surface area contributed by atoms with E-state index >= 15 is 0 Å². The molecule has 0 aliphatic heterocycles. The molecule has 0 saturated carbocycles. The van der Waals surface area contributed by atoms with Gasteiger partial charge in [0.25, 0.3) is 0 Å². The van der Waals surface area contributed by atoms with E-state index in [9.17, 15) is 9.59 Å². The van der Waals surface area contributed by atoms with Crippen LogP contribution in [0.4, 0.5) is 0 Å². The van der Waals surface area contributed by atoms with Gasteiger partial charge in [-0.25, -0.2) is 0 Å². The number of nitrogens with one attached hydrogen (secondary N) is 1. The van der Waals surface area contributed by atoms with Crippen LogP contribution < -0.4 is 5.32 Å². The topological polar surface area (TPSA) is 46.2 Å². The maximum absolute atomic E-state index is 11.4. The molecule has 1 rings (SSSR count). The Balaban J connectivity index is 2.35. The molecule has 1 amide bonds. The average Bonchev–Trinajstić information content (AvgIpc) is 2.28. The van der Waals surface area contributed by atoms with E-state index in [0.717, 1.165) is 16.2 Å². The molecular weight excluding hydrogens is 246 g/mol. The van der Waals surface area contributed by atoms with Crippen LogP contribution >= 0.6 is 11.8 Å². The minimum absolute atomic E-state index is 0.0721. The number of hydrogen-bond acceptors (Lipinski definition) is 3. The number of hydrogen-bond donors (Lipinski definition) is 1. The van der Waals surface area contributed by atoms with Crippen LogP contribution in [0.3, 0.4) is 0 Å². The number of thioether (sulfide) groups is 1. The highest BCUT2D eigenvalue weighted by molar-refractivity contribution is 7.99. The average molecular weight is 265 g/mol. The minimum Gasteiger partial charge on any atom is -0.354 e. The van der Waals surface area contributed by atoms with Gasteiger partial charge in [0, 0.05) is 28.7 Å². The summed E-state index contributed by atoms with van der Waals surface area (Å²) in [5.74, 6) is 0.901. The monoisotopic (exact) mass is 265 g/mol. The number of rotatable bonds is 6. The second kappa shape index (κ2) is 7.21. The van der Waals surface area contributed by atoms with Crippen molar-refractivity contribution in [1.29, 1.82) is 0 Å². The fourth-order valence-corrected chi connectivity index (χ4v) is 2.29. The third-order valence-corrected chi connectivity index (χ3v) is 3.32. The van der Waals surface area contributed by atoms with Crippen molar-refractivity contribution < 1.29 is 9.59 Å². The Morgan fingerprint density at radius 3 is 2.33 bits per heavy atom. The third kappa shape index (κ3) is 5.36. The van der Waals surface area contributed by atoms with Crippen molar-refractivity contribution in [3.05, 3.63) is 29.8 Å². The molecule has 0 heterocycles. The van der Waals surface area contributed by atoms with E-state index in [1.165, 1.54) is 0 Å². The van der Waals surface area contributed by atoms with Crippen LogP contribution in [0.5, 0.6) is 0 Å². The Labute approximate surface area is 112 Å². The molecule has 18 heavy (non-hydrogen) atoms. The molecule has 1 aromatic rings. The van der Waals surface area contributed by atoms with Crippen LogP contribution in [-0.2, 0) is 4.79 Å². The zero-order chi connectivity index (χ0) is 13.5. The van der Waals surface area contributed by atoms with Crippen LogP contribution in [0.25, 0.3) is 0 Å². The van der Waals surface area contributed by atoms with Gasteiger partial charge in [0.15, 0.2) is 5.78 Å². The lowest BCUT2D eigenvalue weighted by Crippen LogP contribution is -2.30. The van der Waals surface area contributed by atoms with Gasteiger partial charge in [-0.1, -0.05) is 12.1 Å². The maximum Gasteiger partial charge on any atom is 0.221 e. The summed E-state index contributed by atoms with van der Waals surface area (Å²) >= 11 is 1.62. The molecule has 1 aromatic carbocycles. The summed E-state index contributed by atoms with van der Waals surface area (Å²) in [6.45, 7) is 5.45. The molecule has 0 aromatic heterocycles. The van der Waals surface area contributed by atoms with Gasteiger partial charge in [-0.2, -0.15) is 0 Å². The van der Waals surface area contributed by atoms with E-state index in [-0.39, 0.29) is 17.7 Å². The Morgan fingerprint density at radius 1 is 1.22 bits per heavy atom. The zero-order valence-corrected chi connectivity index (χ0v) is 11.8. The lowest BCUT2D eigenvalue weighted by Gasteiger charge is -2.07. The molecule has 0 aliphatic rings. The smallest absolute Gasteiger partial charge is 0.221 e. The normalized spacial score (nSPS) is 10.4. The summed E-state index contributed by atoms with van der Waals surface area (Å²) in [6.07, 6.45) is 0.511. The van der Waals surface area contributed by atoms with Gasteiger partial charge in [-0.15, -0.1) is 11.8 Å². The van der Waals surface area contributed by atoms with E-state index in [1.54, 1.807) is 18.7 Å². The molecule has 0 unspecified atom stereocenters. The number of ketones is 1. The molecule has 3 nitrogen and oxygen atoms in total.